The fourth-order valence-electron chi connectivity index (χ4n) is 0.832. The van der Waals surface area contributed by atoms with Crippen LogP contribution < -0.4 is 0 Å². The van der Waals surface area contributed by atoms with E-state index in [4.69, 9.17) is 19.3 Å². The molecule has 0 heterocycles. The summed E-state index contributed by atoms with van der Waals surface area (Å²) in [6.45, 7) is 1.93. The van der Waals surface area contributed by atoms with Crippen LogP contribution in [0.5, 0.6) is 0 Å². The summed E-state index contributed by atoms with van der Waals surface area (Å²) in [6, 6.07) is 0. The van der Waals surface area contributed by atoms with Crippen LogP contribution in [-0.2, 0) is 20.2 Å². The molecule has 2 atom stereocenters. The molecule has 0 bridgehead atoms. The van der Waals surface area contributed by atoms with Crippen LogP contribution >= 0.6 is 0 Å². The molecule has 0 saturated heterocycles. The predicted molar refractivity (Wildman–Crippen MR) is 62.1 cm³/mol. The standard InChI is InChI=1S/C4H9NO9S2.C2H6O/c6-4(5(7)8)1-3(16(12,13)14)2-15(9,10)11;1-2-3/h3-4,6H,1-2H2,(H,9,10,11)(H,12,13,14);3H,2H2,1H3. The van der Waals surface area contributed by atoms with Gasteiger partial charge in [0, 0.05) is 6.61 Å². The first-order valence-corrected chi connectivity index (χ1v) is 7.80. The molecular weight excluding hydrogens is 310 g/mol. The lowest BCUT2D eigenvalue weighted by atomic mass is 10.3. The number of nitro groups is 1. The molecule has 4 N–H and O–H groups in total. The molecule has 11 nitrogen and oxygen atoms in total. The van der Waals surface area contributed by atoms with Gasteiger partial charge in [0.2, 0.25) is 0 Å². The van der Waals surface area contributed by atoms with E-state index in [1.165, 1.54) is 0 Å². The van der Waals surface area contributed by atoms with Gasteiger partial charge < -0.3 is 10.2 Å². The molecule has 0 aromatic rings. The van der Waals surface area contributed by atoms with E-state index < -0.39 is 48.8 Å². The van der Waals surface area contributed by atoms with Gasteiger partial charge in [0.15, 0.2) is 0 Å². The normalized spacial score (nSPS) is 15.0. The minimum Gasteiger partial charge on any atom is -0.397 e. The molecule has 13 heteroatoms. The fraction of sp³-hybridized carbons (Fsp3) is 1.00. The van der Waals surface area contributed by atoms with Crippen LogP contribution in [-0.4, -0.2) is 64.9 Å². The van der Waals surface area contributed by atoms with Crippen molar-refractivity contribution >= 4 is 20.2 Å². The van der Waals surface area contributed by atoms with Crippen molar-refractivity contribution < 1.29 is 41.1 Å². The third-order valence-electron chi connectivity index (χ3n) is 1.53. The van der Waals surface area contributed by atoms with Gasteiger partial charge in [0.05, 0.1) is 17.1 Å². The highest BCUT2D eigenvalue weighted by Gasteiger charge is 2.34. The fourth-order valence-corrected chi connectivity index (χ4v) is 3.06. The van der Waals surface area contributed by atoms with Crippen molar-refractivity contribution in [2.75, 3.05) is 12.4 Å². The second-order valence-electron chi connectivity index (χ2n) is 3.20. The van der Waals surface area contributed by atoms with Crippen molar-refractivity contribution in [3.8, 4) is 0 Å². The van der Waals surface area contributed by atoms with Crippen LogP contribution in [0.15, 0.2) is 0 Å². The molecule has 2 unspecified atom stereocenters. The molecular formula is C6H15NO10S2. The van der Waals surface area contributed by atoms with Crippen LogP contribution in [0.1, 0.15) is 13.3 Å². The highest BCUT2D eigenvalue weighted by molar-refractivity contribution is 7.90. The number of aliphatic hydroxyl groups excluding tert-OH is 2. The Bertz CT molecular complexity index is 468. The molecule has 0 rings (SSSR count). The molecule has 0 radical (unpaired) electrons. The van der Waals surface area contributed by atoms with Crippen molar-refractivity contribution in [2.24, 2.45) is 0 Å². The summed E-state index contributed by atoms with van der Waals surface area (Å²) in [6.07, 6.45) is -3.50. The Morgan fingerprint density at radius 3 is 1.79 bits per heavy atom. The van der Waals surface area contributed by atoms with Gasteiger partial charge in [-0.25, -0.2) is 0 Å². The first-order chi connectivity index (χ1) is 8.35. The zero-order valence-electron chi connectivity index (χ0n) is 9.78. The van der Waals surface area contributed by atoms with Crippen LogP contribution in [0.3, 0.4) is 0 Å². The smallest absolute Gasteiger partial charge is 0.314 e. The maximum atomic E-state index is 10.6. The maximum absolute atomic E-state index is 10.6. The van der Waals surface area contributed by atoms with Gasteiger partial charge in [-0.05, 0) is 6.92 Å². The Kier molecular flexibility index (Phi) is 8.98. The lowest BCUT2D eigenvalue weighted by molar-refractivity contribution is -0.571. The SMILES string of the molecule is CCO.O=[N+]([O-])C(O)CC(CS(=O)(=O)O)S(=O)(=O)O. The first kappa shape index (κ1) is 20.5. The largest absolute Gasteiger partial charge is 0.397 e. The minimum atomic E-state index is -4.93. The molecule has 0 fully saturated rings. The summed E-state index contributed by atoms with van der Waals surface area (Å²) >= 11 is 0. The van der Waals surface area contributed by atoms with Crippen molar-refractivity contribution in [3.05, 3.63) is 10.1 Å². The lowest BCUT2D eigenvalue weighted by Gasteiger charge is -2.11. The summed E-state index contributed by atoms with van der Waals surface area (Å²) < 4.78 is 58.8. The topological polar surface area (TPSA) is 192 Å². The number of rotatable bonds is 6. The quantitative estimate of drug-likeness (QED) is 0.186. The summed E-state index contributed by atoms with van der Waals surface area (Å²) in [4.78, 5) is 8.73. The molecule has 0 aliphatic carbocycles. The Morgan fingerprint density at radius 2 is 1.58 bits per heavy atom. The van der Waals surface area contributed by atoms with E-state index in [-0.39, 0.29) is 6.61 Å². The molecule has 0 saturated carbocycles. The highest BCUT2D eigenvalue weighted by Crippen LogP contribution is 2.10. The highest BCUT2D eigenvalue weighted by atomic mass is 32.2. The number of aliphatic hydroxyl groups is 2. The van der Waals surface area contributed by atoms with Crippen molar-refractivity contribution in [2.45, 2.75) is 24.8 Å². The maximum Gasteiger partial charge on any atom is 0.314 e. The Hall–Kier alpha value is -0.860. The van der Waals surface area contributed by atoms with E-state index in [0.29, 0.717) is 0 Å². The Balaban J connectivity index is 0. The zero-order valence-corrected chi connectivity index (χ0v) is 11.4. The molecule has 0 aromatic carbocycles. The first-order valence-electron chi connectivity index (χ1n) is 4.69. The van der Waals surface area contributed by atoms with Crippen LogP contribution in [0.2, 0.25) is 0 Å². The van der Waals surface area contributed by atoms with Crippen LogP contribution in [0, 0.1) is 10.1 Å². The lowest BCUT2D eigenvalue weighted by Crippen LogP contribution is -2.35. The number of hydrogen-bond acceptors (Lipinski definition) is 8. The van der Waals surface area contributed by atoms with Crippen molar-refractivity contribution in [1.29, 1.82) is 0 Å². The van der Waals surface area contributed by atoms with Gasteiger partial charge in [-0.3, -0.25) is 19.2 Å². The third kappa shape index (κ3) is 11.9. The summed E-state index contributed by atoms with van der Waals surface area (Å²) in [5, 5.41) is 24.1. The zero-order chi connectivity index (χ0) is 15.9. The Morgan fingerprint density at radius 1 is 1.21 bits per heavy atom. The van der Waals surface area contributed by atoms with E-state index in [9.17, 15) is 26.9 Å². The van der Waals surface area contributed by atoms with Gasteiger partial charge in [-0.2, -0.15) is 16.8 Å². The molecule has 0 aliphatic rings. The molecule has 0 amide bonds. The predicted octanol–water partition coefficient (Wildman–Crippen LogP) is -1.89. The van der Waals surface area contributed by atoms with E-state index >= 15 is 0 Å². The van der Waals surface area contributed by atoms with Crippen LogP contribution in [0.25, 0.3) is 0 Å². The van der Waals surface area contributed by atoms with Crippen LogP contribution in [0.4, 0.5) is 0 Å². The van der Waals surface area contributed by atoms with E-state index in [2.05, 4.69) is 0 Å². The van der Waals surface area contributed by atoms with Gasteiger partial charge in [0.1, 0.15) is 5.25 Å². The molecule has 19 heavy (non-hydrogen) atoms. The average molecular weight is 325 g/mol. The van der Waals surface area contributed by atoms with E-state index in [1.807, 2.05) is 0 Å². The van der Waals surface area contributed by atoms with Crippen molar-refractivity contribution in [3.63, 3.8) is 0 Å². The van der Waals surface area contributed by atoms with Gasteiger partial charge in [-0.15, -0.1) is 0 Å². The summed E-state index contributed by atoms with van der Waals surface area (Å²) in [7, 11) is -9.68. The monoisotopic (exact) mass is 325 g/mol. The minimum absolute atomic E-state index is 0.250. The van der Waals surface area contributed by atoms with Crippen molar-refractivity contribution in [1.82, 2.24) is 0 Å². The average Bonchev–Trinajstić information content (AvgIpc) is 2.13. The summed E-state index contributed by atoms with van der Waals surface area (Å²) in [5.74, 6) is -1.43. The van der Waals surface area contributed by atoms with Gasteiger partial charge in [0.25, 0.3) is 20.2 Å². The number of hydrogen-bond donors (Lipinski definition) is 4. The summed E-state index contributed by atoms with van der Waals surface area (Å²) in [5.41, 5.74) is 0. The van der Waals surface area contributed by atoms with E-state index in [0.717, 1.165) is 0 Å². The van der Waals surface area contributed by atoms with E-state index in [1.54, 1.807) is 6.92 Å². The molecule has 0 aliphatic heterocycles. The van der Waals surface area contributed by atoms with Gasteiger partial charge in [-0.1, -0.05) is 0 Å². The molecule has 116 valence electrons. The molecule has 0 aromatic heterocycles. The number of nitrogens with zero attached hydrogens (tertiary/aromatic N) is 1. The Labute approximate surface area is 109 Å². The third-order valence-corrected chi connectivity index (χ3v) is 3.77. The second kappa shape index (κ2) is 8.34. The van der Waals surface area contributed by atoms with Gasteiger partial charge >= 0.3 is 6.23 Å². The molecule has 0 spiro atoms. The second-order valence-corrected chi connectivity index (χ2v) is 6.40.